The van der Waals surface area contributed by atoms with E-state index < -0.39 is 34.3 Å². The Morgan fingerprint density at radius 3 is 2.18 bits per heavy atom. The summed E-state index contributed by atoms with van der Waals surface area (Å²) in [5.41, 5.74) is 1.73. The molecule has 7 nitrogen and oxygen atoms in total. The summed E-state index contributed by atoms with van der Waals surface area (Å²) < 4.78 is 42.1. The van der Waals surface area contributed by atoms with Crippen molar-refractivity contribution >= 4 is 39.1 Å². The first-order valence-corrected chi connectivity index (χ1v) is 14.5. The molecule has 208 valence electrons. The van der Waals surface area contributed by atoms with E-state index in [0.29, 0.717) is 17.1 Å². The van der Waals surface area contributed by atoms with Crippen molar-refractivity contribution < 1.29 is 22.4 Å². The number of nitrogens with one attached hydrogen (secondary N) is 1. The third-order valence-electron chi connectivity index (χ3n) is 6.27. The third kappa shape index (κ3) is 8.03. The zero-order chi connectivity index (χ0) is 28.6. The molecule has 10 heteroatoms. The lowest BCUT2D eigenvalue weighted by Gasteiger charge is -2.32. The number of hydrogen-bond acceptors (Lipinski definition) is 4. The van der Waals surface area contributed by atoms with Crippen LogP contribution in [0, 0.1) is 12.7 Å². The number of sulfonamides is 1. The van der Waals surface area contributed by atoms with Crippen LogP contribution in [0.2, 0.25) is 5.02 Å². The van der Waals surface area contributed by atoms with Crippen LogP contribution in [0.15, 0.2) is 77.7 Å². The second kappa shape index (κ2) is 13.6. The molecule has 0 radical (unpaired) electrons. The minimum atomic E-state index is -4.16. The predicted octanol–water partition coefficient (Wildman–Crippen LogP) is 5.32. The van der Waals surface area contributed by atoms with Gasteiger partial charge in [0, 0.05) is 18.1 Å². The van der Waals surface area contributed by atoms with Gasteiger partial charge in [-0.1, -0.05) is 54.8 Å². The van der Waals surface area contributed by atoms with Crippen molar-refractivity contribution in [2.45, 2.75) is 51.1 Å². The van der Waals surface area contributed by atoms with Gasteiger partial charge < -0.3 is 10.2 Å². The van der Waals surface area contributed by atoms with Crippen molar-refractivity contribution in [2.75, 3.05) is 17.4 Å². The SMILES string of the molecule is CCCCNC(=O)C(C)N(Cc1ccc(F)cc1)C(=O)CN(c1ccc(Cl)cc1)S(=O)(=O)c1ccc(C)cc1. The van der Waals surface area contributed by atoms with Crippen LogP contribution in [0.4, 0.5) is 10.1 Å². The standard InChI is InChI=1S/C29H33ClFN3O4S/c1-4-5-18-32-29(36)22(3)33(19-23-8-12-25(31)13-9-23)28(35)20-34(26-14-10-24(30)11-15-26)39(37,38)27-16-6-21(2)7-17-27/h6-17,22H,4-5,18-20H2,1-3H3,(H,32,36). The fraction of sp³-hybridized carbons (Fsp3) is 0.310. The van der Waals surface area contributed by atoms with E-state index >= 15 is 0 Å². The number of aryl methyl sites for hydroxylation is 1. The number of amides is 2. The smallest absolute Gasteiger partial charge is 0.264 e. The highest BCUT2D eigenvalue weighted by Crippen LogP contribution is 2.26. The Bertz CT molecular complexity index is 1370. The van der Waals surface area contributed by atoms with Crippen molar-refractivity contribution in [2.24, 2.45) is 0 Å². The topological polar surface area (TPSA) is 86.8 Å². The summed E-state index contributed by atoms with van der Waals surface area (Å²) in [5, 5.41) is 3.24. The van der Waals surface area contributed by atoms with Gasteiger partial charge in [0.05, 0.1) is 10.6 Å². The molecule has 0 fully saturated rings. The van der Waals surface area contributed by atoms with E-state index in [4.69, 9.17) is 11.6 Å². The maximum atomic E-state index is 13.8. The highest BCUT2D eigenvalue weighted by molar-refractivity contribution is 7.92. The molecule has 0 aromatic heterocycles. The van der Waals surface area contributed by atoms with Crippen molar-refractivity contribution in [3.05, 3.63) is 94.8 Å². The van der Waals surface area contributed by atoms with Crippen molar-refractivity contribution in [1.82, 2.24) is 10.2 Å². The molecule has 0 saturated carbocycles. The quantitative estimate of drug-likeness (QED) is 0.297. The molecule has 0 aliphatic heterocycles. The van der Waals surface area contributed by atoms with Gasteiger partial charge in [0.15, 0.2) is 0 Å². The lowest BCUT2D eigenvalue weighted by atomic mass is 10.1. The molecule has 39 heavy (non-hydrogen) atoms. The molecule has 0 aliphatic carbocycles. The molecule has 1 atom stereocenters. The number of anilines is 1. The first kappa shape index (κ1) is 30.1. The number of carbonyl (C=O) groups is 2. The number of carbonyl (C=O) groups excluding carboxylic acids is 2. The van der Waals surface area contributed by atoms with Crippen LogP contribution in [-0.4, -0.2) is 44.3 Å². The van der Waals surface area contributed by atoms with Crippen molar-refractivity contribution in [3.8, 4) is 0 Å². The van der Waals surface area contributed by atoms with E-state index in [1.165, 1.54) is 53.4 Å². The van der Waals surface area contributed by atoms with Crippen LogP contribution in [-0.2, 0) is 26.2 Å². The van der Waals surface area contributed by atoms with E-state index in [1.54, 1.807) is 31.2 Å². The number of rotatable bonds is 12. The molecule has 3 aromatic rings. The summed E-state index contributed by atoms with van der Waals surface area (Å²) in [7, 11) is -4.16. The molecular formula is C29H33ClFN3O4S. The summed E-state index contributed by atoms with van der Waals surface area (Å²) in [6.45, 7) is 5.31. The summed E-state index contributed by atoms with van der Waals surface area (Å²) >= 11 is 6.04. The molecule has 3 rings (SSSR count). The Hall–Kier alpha value is -3.43. The first-order valence-electron chi connectivity index (χ1n) is 12.7. The minimum Gasteiger partial charge on any atom is -0.354 e. The van der Waals surface area contributed by atoms with Crippen molar-refractivity contribution in [3.63, 3.8) is 0 Å². The van der Waals surface area contributed by atoms with Crippen LogP contribution < -0.4 is 9.62 Å². The second-order valence-electron chi connectivity index (χ2n) is 9.27. The third-order valence-corrected chi connectivity index (χ3v) is 8.31. The van der Waals surface area contributed by atoms with Crippen molar-refractivity contribution in [1.29, 1.82) is 0 Å². The molecule has 0 heterocycles. The fourth-order valence-electron chi connectivity index (χ4n) is 3.88. The molecule has 3 aromatic carbocycles. The fourth-order valence-corrected chi connectivity index (χ4v) is 5.42. The Kier molecular flexibility index (Phi) is 10.5. The zero-order valence-corrected chi connectivity index (χ0v) is 23.8. The van der Waals surface area contributed by atoms with Gasteiger partial charge in [0.1, 0.15) is 18.4 Å². The highest BCUT2D eigenvalue weighted by atomic mass is 35.5. The zero-order valence-electron chi connectivity index (χ0n) is 22.2. The van der Waals surface area contributed by atoms with Gasteiger partial charge in [-0.3, -0.25) is 13.9 Å². The summed E-state index contributed by atoms with van der Waals surface area (Å²) in [6, 6.07) is 17.1. The lowest BCUT2D eigenvalue weighted by molar-refractivity contribution is -0.139. The molecule has 0 aliphatic rings. The van der Waals surface area contributed by atoms with E-state index in [1.807, 2.05) is 13.8 Å². The Morgan fingerprint density at radius 1 is 0.974 bits per heavy atom. The maximum absolute atomic E-state index is 13.8. The molecule has 1 unspecified atom stereocenters. The van der Waals surface area contributed by atoms with E-state index in [9.17, 15) is 22.4 Å². The normalized spacial score (nSPS) is 12.0. The average molecular weight is 574 g/mol. The van der Waals surface area contributed by atoms with Gasteiger partial charge in [-0.05, 0) is 74.4 Å². The molecule has 0 saturated heterocycles. The molecule has 0 spiro atoms. The summed E-state index contributed by atoms with van der Waals surface area (Å²) in [5.74, 6) is -1.39. The Balaban J connectivity index is 1.98. The van der Waals surface area contributed by atoms with Gasteiger partial charge >= 0.3 is 0 Å². The van der Waals surface area contributed by atoms with Gasteiger partial charge in [-0.25, -0.2) is 12.8 Å². The van der Waals surface area contributed by atoms with Crippen LogP contribution in [0.3, 0.4) is 0 Å². The van der Waals surface area contributed by atoms with Gasteiger partial charge in [0.25, 0.3) is 10.0 Å². The van der Waals surface area contributed by atoms with Gasteiger partial charge in [-0.2, -0.15) is 0 Å². The Morgan fingerprint density at radius 2 is 1.59 bits per heavy atom. The highest BCUT2D eigenvalue weighted by Gasteiger charge is 2.32. The van der Waals surface area contributed by atoms with Gasteiger partial charge in [0.2, 0.25) is 11.8 Å². The number of nitrogens with zero attached hydrogens (tertiary/aromatic N) is 2. The lowest BCUT2D eigenvalue weighted by Crippen LogP contribution is -2.51. The van der Waals surface area contributed by atoms with E-state index in [2.05, 4.69) is 5.32 Å². The number of unbranched alkanes of at least 4 members (excludes halogenated alkanes) is 1. The van der Waals surface area contributed by atoms with E-state index in [-0.39, 0.29) is 23.0 Å². The summed E-state index contributed by atoms with van der Waals surface area (Å²) in [4.78, 5) is 28.1. The molecule has 0 bridgehead atoms. The Labute approximate surface area is 234 Å². The van der Waals surface area contributed by atoms with Crippen LogP contribution in [0.5, 0.6) is 0 Å². The number of benzene rings is 3. The molecular weight excluding hydrogens is 541 g/mol. The first-order chi connectivity index (χ1) is 18.5. The van der Waals surface area contributed by atoms with Gasteiger partial charge in [-0.15, -0.1) is 0 Å². The average Bonchev–Trinajstić information content (AvgIpc) is 2.91. The number of halogens is 2. The summed E-state index contributed by atoms with van der Waals surface area (Å²) in [6.07, 6.45) is 1.67. The van der Waals surface area contributed by atoms with Crippen LogP contribution >= 0.6 is 11.6 Å². The maximum Gasteiger partial charge on any atom is 0.264 e. The molecule has 1 N–H and O–H groups in total. The van der Waals surface area contributed by atoms with E-state index in [0.717, 1.165) is 22.7 Å². The number of hydrogen-bond donors (Lipinski definition) is 1. The van der Waals surface area contributed by atoms with Crippen LogP contribution in [0.1, 0.15) is 37.8 Å². The molecule has 2 amide bonds. The monoisotopic (exact) mass is 573 g/mol. The largest absolute Gasteiger partial charge is 0.354 e. The predicted molar refractivity (Wildman–Crippen MR) is 151 cm³/mol. The van der Waals surface area contributed by atoms with Crippen LogP contribution in [0.25, 0.3) is 0 Å². The second-order valence-corrected chi connectivity index (χ2v) is 11.6. The minimum absolute atomic E-state index is 0.0134.